The lowest BCUT2D eigenvalue weighted by Gasteiger charge is -2.21. The van der Waals surface area contributed by atoms with Crippen LogP contribution in [0.25, 0.3) is 0 Å². The van der Waals surface area contributed by atoms with Crippen molar-refractivity contribution in [3.8, 4) is 5.75 Å². The highest BCUT2D eigenvalue weighted by Crippen LogP contribution is 2.29. The Bertz CT molecular complexity index is 1080. The second kappa shape index (κ2) is 10.2. The molecule has 1 aliphatic heterocycles. The standard InChI is InChI=1S/C22H28N2O7S/c1-15-18(22(26)30-3)13-17(31-15)14-23-21(25)16-8-9-19(29-2)20(12-16)32(27,28)24-10-6-4-5-7-11-24/h8-9,12-13H,4-7,10-11,14H2,1-3H3,(H,23,25). The molecule has 1 aromatic heterocycles. The summed E-state index contributed by atoms with van der Waals surface area (Å²) in [6, 6.07) is 5.82. The smallest absolute Gasteiger partial charge is 0.341 e. The third kappa shape index (κ3) is 5.13. The maximum atomic E-state index is 13.3. The van der Waals surface area contributed by atoms with Gasteiger partial charge in [0.2, 0.25) is 10.0 Å². The fraction of sp³-hybridized carbons (Fsp3) is 0.455. The summed E-state index contributed by atoms with van der Waals surface area (Å²) in [4.78, 5) is 24.4. The van der Waals surface area contributed by atoms with E-state index in [1.165, 1.54) is 42.8 Å². The molecule has 0 aliphatic carbocycles. The number of nitrogens with one attached hydrogen (secondary N) is 1. The maximum absolute atomic E-state index is 13.3. The van der Waals surface area contributed by atoms with Crippen molar-refractivity contribution in [2.45, 2.75) is 44.0 Å². The summed E-state index contributed by atoms with van der Waals surface area (Å²) in [6.07, 6.45) is 3.60. The number of sulfonamides is 1. The summed E-state index contributed by atoms with van der Waals surface area (Å²) in [5.41, 5.74) is 0.461. The molecule has 174 valence electrons. The number of amides is 1. The van der Waals surface area contributed by atoms with E-state index in [-0.39, 0.29) is 28.3 Å². The van der Waals surface area contributed by atoms with E-state index in [4.69, 9.17) is 13.9 Å². The molecule has 32 heavy (non-hydrogen) atoms. The summed E-state index contributed by atoms with van der Waals surface area (Å²) >= 11 is 0. The number of methoxy groups -OCH3 is 2. The van der Waals surface area contributed by atoms with Gasteiger partial charge in [0.05, 0.1) is 20.8 Å². The first-order valence-electron chi connectivity index (χ1n) is 10.4. The van der Waals surface area contributed by atoms with Crippen molar-refractivity contribution in [3.05, 3.63) is 46.9 Å². The van der Waals surface area contributed by atoms with Gasteiger partial charge in [0.15, 0.2) is 0 Å². The molecule has 0 unspecified atom stereocenters. The lowest BCUT2D eigenvalue weighted by Crippen LogP contribution is -2.32. The average Bonchev–Trinajstić information content (AvgIpc) is 2.98. The van der Waals surface area contributed by atoms with E-state index in [1.807, 2.05) is 0 Å². The van der Waals surface area contributed by atoms with Crippen molar-refractivity contribution in [2.75, 3.05) is 27.3 Å². The molecule has 0 saturated carbocycles. The van der Waals surface area contributed by atoms with E-state index < -0.39 is 21.9 Å². The van der Waals surface area contributed by atoms with Crippen molar-refractivity contribution in [1.29, 1.82) is 0 Å². The molecule has 2 heterocycles. The first-order chi connectivity index (χ1) is 15.3. The van der Waals surface area contributed by atoms with Crippen LogP contribution in [-0.2, 0) is 21.3 Å². The minimum Gasteiger partial charge on any atom is -0.495 e. The maximum Gasteiger partial charge on any atom is 0.341 e. The molecule has 1 N–H and O–H groups in total. The third-order valence-corrected chi connectivity index (χ3v) is 7.33. The number of hydrogen-bond acceptors (Lipinski definition) is 7. The van der Waals surface area contributed by atoms with Crippen LogP contribution in [-0.4, -0.2) is 51.9 Å². The Morgan fingerprint density at radius 1 is 1.09 bits per heavy atom. The molecule has 1 amide bonds. The molecule has 1 aliphatic rings. The van der Waals surface area contributed by atoms with E-state index in [9.17, 15) is 18.0 Å². The zero-order valence-corrected chi connectivity index (χ0v) is 19.3. The number of ether oxygens (including phenoxy) is 2. The first-order valence-corrected chi connectivity index (χ1v) is 11.9. The lowest BCUT2D eigenvalue weighted by atomic mass is 10.2. The fourth-order valence-corrected chi connectivity index (χ4v) is 5.35. The largest absolute Gasteiger partial charge is 0.495 e. The van der Waals surface area contributed by atoms with Crippen molar-refractivity contribution in [2.24, 2.45) is 0 Å². The topological polar surface area (TPSA) is 115 Å². The van der Waals surface area contributed by atoms with Gasteiger partial charge < -0.3 is 19.2 Å². The van der Waals surface area contributed by atoms with Gasteiger partial charge in [-0.05, 0) is 44.0 Å². The average molecular weight is 465 g/mol. The SMILES string of the molecule is COC(=O)c1cc(CNC(=O)c2ccc(OC)c(S(=O)(=O)N3CCCCCC3)c2)oc1C. The molecule has 0 bridgehead atoms. The Hall–Kier alpha value is -2.85. The second-order valence-electron chi connectivity index (χ2n) is 7.54. The highest BCUT2D eigenvalue weighted by molar-refractivity contribution is 7.89. The van der Waals surface area contributed by atoms with E-state index in [0.29, 0.717) is 24.6 Å². The molecule has 1 saturated heterocycles. The van der Waals surface area contributed by atoms with Crippen LogP contribution in [0.2, 0.25) is 0 Å². The van der Waals surface area contributed by atoms with Gasteiger partial charge in [-0.25, -0.2) is 13.2 Å². The van der Waals surface area contributed by atoms with Crippen LogP contribution in [0, 0.1) is 6.92 Å². The van der Waals surface area contributed by atoms with E-state index >= 15 is 0 Å². The Balaban J connectivity index is 1.80. The summed E-state index contributed by atoms with van der Waals surface area (Å²) in [6.45, 7) is 2.54. The molecule has 0 spiro atoms. The molecule has 2 aromatic rings. The third-order valence-electron chi connectivity index (χ3n) is 5.41. The summed E-state index contributed by atoms with van der Waals surface area (Å²) in [7, 11) is -1.14. The van der Waals surface area contributed by atoms with Crippen LogP contribution in [0.3, 0.4) is 0 Å². The summed E-state index contributed by atoms with van der Waals surface area (Å²) in [5.74, 6) is -0.0512. The molecule has 1 fully saturated rings. The molecule has 9 nitrogen and oxygen atoms in total. The zero-order chi connectivity index (χ0) is 23.3. The van der Waals surface area contributed by atoms with Gasteiger partial charge in [-0.1, -0.05) is 12.8 Å². The van der Waals surface area contributed by atoms with E-state index in [1.54, 1.807) is 6.92 Å². The summed E-state index contributed by atoms with van der Waals surface area (Å²) < 4.78 is 43.4. The zero-order valence-electron chi connectivity index (χ0n) is 18.5. The van der Waals surface area contributed by atoms with Gasteiger partial charge >= 0.3 is 5.97 Å². The quantitative estimate of drug-likeness (QED) is 0.627. The minimum absolute atomic E-state index is 0.0247. The number of carbonyl (C=O) groups excluding carboxylic acids is 2. The van der Waals surface area contributed by atoms with E-state index in [2.05, 4.69) is 5.32 Å². The molecule has 0 atom stereocenters. The van der Waals surface area contributed by atoms with Crippen LogP contribution in [0.1, 0.15) is 57.9 Å². The van der Waals surface area contributed by atoms with Crippen LogP contribution in [0.15, 0.2) is 33.6 Å². The first kappa shape index (κ1) is 23.8. The number of nitrogens with zero attached hydrogens (tertiary/aromatic N) is 1. The number of hydrogen-bond donors (Lipinski definition) is 1. The lowest BCUT2D eigenvalue weighted by molar-refractivity contribution is 0.0598. The van der Waals surface area contributed by atoms with Crippen LogP contribution in [0.4, 0.5) is 0 Å². The van der Waals surface area contributed by atoms with Gasteiger partial charge in [-0.2, -0.15) is 4.31 Å². The van der Waals surface area contributed by atoms with E-state index in [0.717, 1.165) is 25.7 Å². The number of rotatable bonds is 7. The molecule has 0 radical (unpaired) electrons. The predicted octanol–water partition coefficient (Wildman–Crippen LogP) is 2.88. The second-order valence-corrected chi connectivity index (χ2v) is 9.45. The monoisotopic (exact) mass is 464 g/mol. The van der Waals surface area contributed by atoms with Crippen LogP contribution in [0.5, 0.6) is 5.75 Å². The van der Waals surface area contributed by atoms with Crippen molar-refractivity contribution < 1.29 is 31.9 Å². The molecular weight excluding hydrogens is 436 g/mol. The van der Waals surface area contributed by atoms with Crippen molar-refractivity contribution in [1.82, 2.24) is 9.62 Å². The van der Waals surface area contributed by atoms with Gasteiger partial charge in [0.1, 0.15) is 27.7 Å². The van der Waals surface area contributed by atoms with Gasteiger partial charge in [-0.15, -0.1) is 0 Å². The number of furan rings is 1. The van der Waals surface area contributed by atoms with Gasteiger partial charge in [0, 0.05) is 18.7 Å². The van der Waals surface area contributed by atoms with Crippen molar-refractivity contribution >= 4 is 21.9 Å². The normalized spacial score (nSPS) is 15.1. The van der Waals surface area contributed by atoms with Gasteiger partial charge in [-0.3, -0.25) is 4.79 Å². The molecule has 10 heteroatoms. The Morgan fingerprint density at radius 3 is 2.41 bits per heavy atom. The number of benzene rings is 1. The predicted molar refractivity (Wildman–Crippen MR) is 116 cm³/mol. The van der Waals surface area contributed by atoms with Crippen LogP contribution < -0.4 is 10.1 Å². The number of carbonyl (C=O) groups is 2. The Labute approximate surface area is 187 Å². The highest BCUT2D eigenvalue weighted by Gasteiger charge is 2.29. The number of esters is 1. The Kier molecular flexibility index (Phi) is 7.57. The fourth-order valence-electron chi connectivity index (χ4n) is 3.65. The Morgan fingerprint density at radius 2 is 1.78 bits per heavy atom. The van der Waals surface area contributed by atoms with Crippen LogP contribution >= 0.6 is 0 Å². The number of aryl methyl sites for hydroxylation is 1. The van der Waals surface area contributed by atoms with Crippen molar-refractivity contribution in [3.63, 3.8) is 0 Å². The molecule has 1 aromatic carbocycles. The molecule has 3 rings (SSSR count). The van der Waals surface area contributed by atoms with Gasteiger partial charge in [0.25, 0.3) is 5.91 Å². The minimum atomic E-state index is -3.81. The highest BCUT2D eigenvalue weighted by atomic mass is 32.2. The molecular formula is C22H28N2O7S. The summed E-state index contributed by atoms with van der Waals surface area (Å²) in [5, 5.41) is 2.68.